The summed E-state index contributed by atoms with van der Waals surface area (Å²) in [6.45, 7) is 4.04. The number of aromatic amines is 1. The van der Waals surface area contributed by atoms with E-state index in [1.807, 2.05) is 6.92 Å². The first kappa shape index (κ1) is 10.4. The van der Waals surface area contributed by atoms with Crippen LogP contribution >= 0.6 is 0 Å². The van der Waals surface area contributed by atoms with Gasteiger partial charge in [0.15, 0.2) is 0 Å². The Hall–Kier alpha value is -1.61. The van der Waals surface area contributed by atoms with Crippen LogP contribution < -0.4 is 5.73 Å². The number of carbonyl (C=O) groups excluding carboxylic acids is 2. The van der Waals surface area contributed by atoms with E-state index in [2.05, 4.69) is 17.1 Å². The van der Waals surface area contributed by atoms with Crippen molar-refractivity contribution in [2.45, 2.75) is 20.3 Å². The van der Waals surface area contributed by atoms with E-state index in [-0.39, 0.29) is 6.15 Å². The monoisotopic (exact) mass is 169 g/mol. The van der Waals surface area contributed by atoms with Crippen LogP contribution in [0.1, 0.15) is 18.2 Å². The third-order valence-corrected chi connectivity index (χ3v) is 1.46. The van der Waals surface area contributed by atoms with Crippen molar-refractivity contribution in [1.29, 1.82) is 0 Å². The summed E-state index contributed by atoms with van der Waals surface area (Å²) in [4.78, 5) is 16.2. The van der Waals surface area contributed by atoms with Crippen molar-refractivity contribution in [1.82, 2.24) is 10.2 Å². The predicted molar refractivity (Wildman–Crippen MR) is 42.1 cm³/mol. The molecule has 0 saturated carbocycles. The molecule has 3 N–H and O–H groups in total. The number of H-pyrrole nitrogens is 1. The zero-order valence-electron chi connectivity index (χ0n) is 7.05. The molecule has 66 valence electrons. The summed E-state index contributed by atoms with van der Waals surface area (Å²) in [5.41, 5.74) is 7.72. The van der Waals surface area contributed by atoms with Crippen LogP contribution in [0.15, 0.2) is 0 Å². The first-order valence-corrected chi connectivity index (χ1v) is 3.45. The van der Waals surface area contributed by atoms with E-state index in [0.717, 1.165) is 17.7 Å². The lowest BCUT2D eigenvalue weighted by Crippen LogP contribution is -1.89. The summed E-state index contributed by atoms with van der Waals surface area (Å²) < 4.78 is 0. The van der Waals surface area contributed by atoms with Crippen molar-refractivity contribution in [2.24, 2.45) is 0 Å². The molecule has 0 aliphatic heterocycles. The Morgan fingerprint density at radius 3 is 2.25 bits per heavy atom. The van der Waals surface area contributed by atoms with Gasteiger partial charge in [-0.05, 0) is 13.3 Å². The number of nitrogens with one attached hydrogen (secondary N) is 1. The van der Waals surface area contributed by atoms with E-state index < -0.39 is 0 Å². The highest BCUT2D eigenvalue weighted by Gasteiger charge is 2.01. The molecule has 0 radical (unpaired) electrons. The molecule has 0 fully saturated rings. The molecule has 0 aromatic carbocycles. The van der Waals surface area contributed by atoms with Crippen LogP contribution in [0.2, 0.25) is 0 Å². The number of nitrogens with two attached hydrogens (primary N) is 1. The highest BCUT2D eigenvalue weighted by molar-refractivity contribution is 5.41. The number of anilines is 1. The Bertz CT molecular complexity index is 255. The second kappa shape index (κ2) is 5.09. The van der Waals surface area contributed by atoms with Crippen LogP contribution in [0.4, 0.5) is 5.82 Å². The van der Waals surface area contributed by atoms with Gasteiger partial charge in [0.25, 0.3) is 0 Å². The van der Waals surface area contributed by atoms with Gasteiger partial charge in [0.1, 0.15) is 5.82 Å². The molecule has 0 unspecified atom stereocenters. The Labute approximate surface area is 70.0 Å². The molecule has 1 aromatic heterocycles. The molecule has 0 aliphatic rings. The van der Waals surface area contributed by atoms with Gasteiger partial charge in [-0.1, -0.05) is 6.92 Å². The minimum absolute atomic E-state index is 0.250. The molecule has 0 aliphatic carbocycles. The quantitative estimate of drug-likeness (QED) is 0.631. The second-order valence-electron chi connectivity index (χ2n) is 2.15. The molecule has 0 amide bonds. The van der Waals surface area contributed by atoms with Gasteiger partial charge in [-0.2, -0.15) is 14.7 Å². The first-order valence-electron chi connectivity index (χ1n) is 3.45. The number of rotatable bonds is 1. The number of hydrogen-bond acceptors (Lipinski definition) is 4. The fourth-order valence-electron chi connectivity index (χ4n) is 0.917. The third-order valence-electron chi connectivity index (χ3n) is 1.46. The van der Waals surface area contributed by atoms with Crippen LogP contribution in [-0.2, 0) is 16.0 Å². The fraction of sp³-hybridized carbons (Fsp3) is 0.429. The van der Waals surface area contributed by atoms with E-state index in [9.17, 15) is 0 Å². The average molecular weight is 169 g/mol. The molecule has 5 heteroatoms. The summed E-state index contributed by atoms with van der Waals surface area (Å²) in [5, 5.41) is 6.65. The predicted octanol–water partition coefficient (Wildman–Crippen LogP) is 0.279. The SMILES string of the molecule is CCc1c(N)n[nH]c1C.O=C=O. The second-order valence-corrected chi connectivity index (χ2v) is 2.15. The lowest BCUT2D eigenvalue weighted by Gasteiger charge is -1.90. The van der Waals surface area contributed by atoms with Crippen LogP contribution in [0.5, 0.6) is 0 Å². The average Bonchev–Trinajstić information content (AvgIpc) is 2.33. The number of aryl methyl sites for hydroxylation is 1. The maximum absolute atomic E-state index is 8.12. The fourth-order valence-corrected chi connectivity index (χ4v) is 0.917. The molecule has 1 rings (SSSR count). The van der Waals surface area contributed by atoms with Crippen LogP contribution in [0, 0.1) is 6.92 Å². The van der Waals surface area contributed by atoms with E-state index in [1.165, 1.54) is 0 Å². The van der Waals surface area contributed by atoms with Gasteiger partial charge in [-0.3, -0.25) is 5.10 Å². The summed E-state index contributed by atoms with van der Waals surface area (Å²) >= 11 is 0. The van der Waals surface area contributed by atoms with Crippen molar-refractivity contribution in [2.75, 3.05) is 5.73 Å². The van der Waals surface area contributed by atoms with Gasteiger partial charge < -0.3 is 5.73 Å². The molecular formula is C7H11N3O2. The van der Waals surface area contributed by atoms with E-state index in [4.69, 9.17) is 15.3 Å². The standard InChI is InChI=1S/C6H11N3.CO2/c1-3-5-4(2)8-9-6(5)7;2-1-3/h3H2,1-2H3,(H3,7,8,9);. The van der Waals surface area contributed by atoms with Gasteiger partial charge in [-0.15, -0.1) is 0 Å². The summed E-state index contributed by atoms with van der Waals surface area (Å²) in [6.07, 6.45) is 1.20. The Morgan fingerprint density at radius 1 is 1.58 bits per heavy atom. The molecular weight excluding hydrogens is 158 g/mol. The van der Waals surface area contributed by atoms with Gasteiger partial charge in [0.05, 0.1) is 0 Å². The maximum atomic E-state index is 8.12. The van der Waals surface area contributed by atoms with E-state index in [0.29, 0.717) is 5.82 Å². The van der Waals surface area contributed by atoms with Gasteiger partial charge >= 0.3 is 6.15 Å². The van der Waals surface area contributed by atoms with Crippen molar-refractivity contribution < 1.29 is 9.59 Å². The van der Waals surface area contributed by atoms with Crippen molar-refractivity contribution in [3.8, 4) is 0 Å². The molecule has 0 spiro atoms. The number of aromatic nitrogens is 2. The smallest absolute Gasteiger partial charge is 0.373 e. The van der Waals surface area contributed by atoms with Crippen molar-refractivity contribution in [3.63, 3.8) is 0 Å². The van der Waals surface area contributed by atoms with Crippen molar-refractivity contribution in [3.05, 3.63) is 11.3 Å². The van der Waals surface area contributed by atoms with E-state index in [1.54, 1.807) is 0 Å². The normalized spacial score (nSPS) is 8.17. The number of nitrogen functional groups attached to an aromatic ring is 1. The van der Waals surface area contributed by atoms with E-state index >= 15 is 0 Å². The summed E-state index contributed by atoms with van der Waals surface area (Å²) in [7, 11) is 0. The number of nitrogens with zero attached hydrogens (tertiary/aromatic N) is 1. The zero-order valence-corrected chi connectivity index (χ0v) is 7.05. The highest BCUT2D eigenvalue weighted by Crippen LogP contribution is 2.11. The molecule has 5 nitrogen and oxygen atoms in total. The van der Waals surface area contributed by atoms with Crippen LogP contribution in [0.25, 0.3) is 0 Å². The zero-order chi connectivity index (χ0) is 9.56. The summed E-state index contributed by atoms with van der Waals surface area (Å²) in [5.74, 6) is 0.634. The molecule has 0 saturated heterocycles. The molecule has 0 bridgehead atoms. The number of hydrogen-bond donors (Lipinski definition) is 2. The Morgan fingerprint density at radius 2 is 2.08 bits per heavy atom. The Balaban J connectivity index is 0.000000354. The molecule has 1 aromatic rings. The third kappa shape index (κ3) is 2.56. The Kier molecular flexibility index (Phi) is 4.41. The molecule has 12 heavy (non-hydrogen) atoms. The minimum Gasteiger partial charge on any atom is -0.382 e. The molecule has 0 atom stereocenters. The highest BCUT2D eigenvalue weighted by atomic mass is 16.2. The van der Waals surface area contributed by atoms with Gasteiger partial charge in [-0.25, -0.2) is 0 Å². The van der Waals surface area contributed by atoms with Crippen LogP contribution in [-0.4, -0.2) is 16.3 Å². The lowest BCUT2D eigenvalue weighted by atomic mass is 10.2. The minimum atomic E-state index is 0.250. The topological polar surface area (TPSA) is 88.8 Å². The summed E-state index contributed by atoms with van der Waals surface area (Å²) in [6, 6.07) is 0. The first-order chi connectivity index (χ1) is 5.67. The van der Waals surface area contributed by atoms with Crippen LogP contribution in [0.3, 0.4) is 0 Å². The lowest BCUT2D eigenvalue weighted by molar-refractivity contribution is -0.191. The largest absolute Gasteiger partial charge is 0.382 e. The van der Waals surface area contributed by atoms with Gasteiger partial charge in [0.2, 0.25) is 0 Å². The van der Waals surface area contributed by atoms with Gasteiger partial charge in [0, 0.05) is 11.3 Å². The molecule has 1 heterocycles. The van der Waals surface area contributed by atoms with Crippen molar-refractivity contribution >= 4 is 12.0 Å². The maximum Gasteiger partial charge on any atom is 0.373 e.